The first-order chi connectivity index (χ1) is 25.8. The molecule has 4 aromatic rings. The number of nitrogens with one attached hydrogen (secondary N) is 1. The van der Waals surface area contributed by atoms with Crippen molar-refractivity contribution < 1.29 is 35.9 Å². The number of anilines is 1. The van der Waals surface area contributed by atoms with Gasteiger partial charge in [0.05, 0.1) is 30.4 Å². The van der Waals surface area contributed by atoms with Crippen LogP contribution in [0, 0.1) is 13.8 Å². The lowest BCUT2D eigenvalue weighted by molar-refractivity contribution is -0.142. The number of amides is 2. The van der Waals surface area contributed by atoms with Crippen molar-refractivity contribution >= 4 is 96.8 Å². The number of rotatable bonds is 5. The van der Waals surface area contributed by atoms with E-state index in [9.17, 15) is 35.9 Å². The van der Waals surface area contributed by atoms with Crippen molar-refractivity contribution in [1.29, 1.82) is 0 Å². The molecule has 4 aromatic heterocycles. The molecule has 0 aliphatic carbocycles. The molecule has 2 fully saturated rings. The maximum absolute atomic E-state index is 12.9. The standard InChI is InChI=1S/C15H15BrClF3N6O.C11H14ClF3N4O.C4H2BrClN2.ClH/c1-9-12(17)13(15(18,19)20)23-26(9)8-11(27)24-2-4-25(5-3-24)14-21-6-10(16)7-22-14;1-7-9(12)10(11(13,14)15)17-19(7)6-8(20)18-4-2-16-3-5-18;5-3-1-7-4(6)8-2-3;/h6-7H,2-5,8H2,1H3;16H,2-6H2,1H3;1-2H;1H. The molecule has 0 aromatic carbocycles. The Balaban J connectivity index is 0.000000254. The zero-order valence-corrected chi connectivity index (χ0v) is 35.4. The average molecular weight is 1010 g/mol. The van der Waals surface area contributed by atoms with Gasteiger partial charge in [0.2, 0.25) is 23.0 Å². The predicted molar refractivity (Wildman–Crippen MR) is 204 cm³/mol. The van der Waals surface area contributed by atoms with Gasteiger partial charge >= 0.3 is 12.4 Å². The van der Waals surface area contributed by atoms with E-state index in [4.69, 9.17) is 34.8 Å². The topological polar surface area (TPSA) is 143 Å². The normalized spacial score (nSPS) is 14.6. The van der Waals surface area contributed by atoms with Gasteiger partial charge in [-0.25, -0.2) is 19.9 Å². The Morgan fingerprint density at radius 3 is 1.41 bits per heavy atom. The van der Waals surface area contributed by atoms with Gasteiger partial charge in [-0.1, -0.05) is 23.2 Å². The van der Waals surface area contributed by atoms with Crippen molar-refractivity contribution in [1.82, 2.24) is 54.6 Å². The van der Waals surface area contributed by atoms with Crippen molar-refractivity contribution in [2.75, 3.05) is 57.3 Å². The minimum atomic E-state index is -4.66. The number of hydrogen-bond acceptors (Lipinski definition) is 10. The number of hydrogen-bond donors (Lipinski definition) is 1. The van der Waals surface area contributed by atoms with Crippen molar-refractivity contribution in [3.8, 4) is 0 Å². The highest BCUT2D eigenvalue weighted by molar-refractivity contribution is 9.10. The molecule has 0 atom stereocenters. The van der Waals surface area contributed by atoms with E-state index in [1.165, 1.54) is 13.8 Å². The fourth-order valence-electron chi connectivity index (χ4n) is 5.01. The zero-order valence-electron chi connectivity index (χ0n) is 29.2. The minimum absolute atomic E-state index is 0. The molecule has 56 heavy (non-hydrogen) atoms. The molecule has 6 rings (SSSR count). The summed E-state index contributed by atoms with van der Waals surface area (Å²) in [6, 6.07) is 0. The van der Waals surface area contributed by atoms with Gasteiger partial charge in [-0.15, -0.1) is 12.4 Å². The number of halogens is 12. The SMILES string of the molecule is Cc1c(Cl)c(C(F)(F)F)nn1CC(=O)N1CCN(c2ncc(Br)cn2)CC1.Cc1c(Cl)c(C(F)(F)F)nn1CC(=O)N1CCNCC1.Cl.Clc1ncc(Br)cn1. The maximum atomic E-state index is 12.9. The average Bonchev–Trinajstić information content (AvgIpc) is 3.60. The summed E-state index contributed by atoms with van der Waals surface area (Å²) in [5.74, 6) is -0.0142. The molecule has 2 aliphatic rings. The van der Waals surface area contributed by atoms with E-state index in [1.54, 1.807) is 34.6 Å². The Bertz CT molecular complexity index is 1900. The third-order valence-corrected chi connectivity index (χ3v) is 9.87. The minimum Gasteiger partial charge on any atom is -0.339 e. The second kappa shape index (κ2) is 20.6. The summed E-state index contributed by atoms with van der Waals surface area (Å²) in [4.78, 5) is 45.4. The molecule has 14 nitrogen and oxygen atoms in total. The van der Waals surface area contributed by atoms with Crippen LogP contribution in [-0.4, -0.2) is 113 Å². The quantitative estimate of drug-likeness (QED) is 0.177. The van der Waals surface area contributed by atoms with Crippen molar-refractivity contribution in [2.45, 2.75) is 39.3 Å². The Morgan fingerprint density at radius 2 is 1.05 bits per heavy atom. The van der Waals surface area contributed by atoms with Crippen molar-refractivity contribution in [2.24, 2.45) is 0 Å². The molecule has 0 bridgehead atoms. The summed E-state index contributed by atoms with van der Waals surface area (Å²) < 4.78 is 80.3. The van der Waals surface area contributed by atoms with E-state index >= 15 is 0 Å². The fraction of sp³-hybridized carbons (Fsp3) is 0.467. The van der Waals surface area contributed by atoms with Crippen LogP contribution in [0.5, 0.6) is 0 Å². The molecule has 2 amide bonds. The molecule has 0 saturated carbocycles. The Kier molecular flexibility index (Phi) is 17.4. The fourth-order valence-corrected chi connectivity index (χ4v) is 6.00. The number of carbonyl (C=O) groups excluding carboxylic acids is 2. The Labute approximate surface area is 353 Å². The second-order valence-electron chi connectivity index (χ2n) is 11.7. The molecule has 2 saturated heterocycles. The Hall–Kier alpha value is -3.02. The zero-order chi connectivity index (χ0) is 40.7. The van der Waals surface area contributed by atoms with E-state index in [-0.39, 0.29) is 54.0 Å². The largest absolute Gasteiger partial charge is 0.436 e. The van der Waals surface area contributed by atoms with E-state index in [0.717, 1.165) is 18.3 Å². The summed E-state index contributed by atoms with van der Waals surface area (Å²) in [6.07, 6.45) is -2.81. The molecule has 0 radical (unpaired) electrons. The molecule has 6 heterocycles. The number of piperazine rings is 2. The van der Waals surface area contributed by atoms with Gasteiger partial charge in [-0.05, 0) is 57.3 Å². The van der Waals surface area contributed by atoms with Gasteiger partial charge in [-0.3, -0.25) is 19.0 Å². The predicted octanol–water partition coefficient (Wildman–Crippen LogP) is 6.37. The molecular formula is C30H32Br2Cl4F6N12O2. The van der Waals surface area contributed by atoms with E-state index in [0.29, 0.717) is 58.3 Å². The van der Waals surface area contributed by atoms with E-state index in [2.05, 4.69) is 67.3 Å². The first-order valence-electron chi connectivity index (χ1n) is 16.0. The van der Waals surface area contributed by atoms with Gasteiger partial charge in [0.15, 0.2) is 11.4 Å². The van der Waals surface area contributed by atoms with E-state index in [1.807, 2.05) is 4.90 Å². The first kappa shape index (κ1) is 47.4. The number of carbonyl (C=O) groups is 2. The summed E-state index contributed by atoms with van der Waals surface area (Å²) in [7, 11) is 0. The van der Waals surface area contributed by atoms with Crippen LogP contribution in [0.3, 0.4) is 0 Å². The Morgan fingerprint density at radius 1 is 0.679 bits per heavy atom. The van der Waals surface area contributed by atoms with Crippen LogP contribution in [-0.2, 0) is 35.0 Å². The van der Waals surface area contributed by atoms with Crippen LogP contribution in [0.1, 0.15) is 22.8 Å². The highest BCUT2D eigenvalue weighted by Gasteiger charge is 2.39. The lowest BCUT2D eigenvalue weighted by Crippen LogP contribution is -2.50. The van der Waals surface area contributed by atoms with Gasteiger partial charge in [0, 0.05) is 77.1 Å². The summed E-state index contributed by atoms with van der Waals surface area (Å²) in [5.41, 5.74) is -2.07. The molecule has 0 spiro atoms. The van der Waals surface area contributed by atoms with Gasteiger partial charge in [0.25, 0.3) is 0 Å². The number of aromatic nitrogens is 8. The van der Waals surface area contributed by atoms with Crippen molar-refractivity contribution in [3.63, 3.8) is 0 Å². The molecular weight excluding hydrogens is 976 g/mol. The number of nitrogens with zero attached hydrogens (tertiary/aromatic N) is 11. The lowest BCUT2D eigenvalue weighted by Gasteiger charge is -2.34. The monoisotopic (exact) mass is 1000 g/mol. The molecule has 0 unspecified atom stereocenters. The summed E-state index contributed by atoms with van der Waals surface area (Å²) in [5, 5.41) is 9.31. The van der Waals surface area contributed by atoms with Crippen LogP contribution in [0.2, 0.25) is 15.3 Å². The van der Waals surface area contributed by atoms with Crippen molar-refractivity contribution in [3.05, 3.63) is 71.8 Å². The summed E-state index contributed by atoms with van der Waals surface area (Å²) in [6.45, 7) is 6.61. The third kappa shape index (κ3) is 13.0. The number of alkyl halides is 6. The van der Waals surface area contributed by atoms with Crippen LogP contribution in [0.25, 0.3) is 0 Å². The van der Waals surface area contributed by atoms with Crippen LogP contribution in [0.4, 0.5) is 32.3 Å². The van der Waals surface area contributed by atoms with Gasteiger partial charge in [-0.2, -0.15) is 36.5 Å². The third-order valence-electron chi connectivity index (χ3n) is 7.95. The van der Waals surface area contributed by atoms with E-state index < -0.39 is 33.8 Å². The van der Waals surface area contributed by atoms with Crippen LogP contribution in [0.15, 0.2) is 33.7 Å². The smallest absolute Gasteiger partial charge is 0.339 e. The second-order valence-corrected chi connectivity index (χ2v) is 14.6. The van der Waals surface area contributed by atoms with Crippen LogP contribution >= 0.6 is 79.1 Å². The molecule has 2 aliphatic heterocycles. The molecule has 308 valence electrons. The maximum Gasteiger partial charge on any atom is 0.436 e. The first-order valence-corrected chi connectivity index (χ1v) is 18.7. The van der Waals surface area contributed by atoms with Gasteiger partial charge < -0.3 is 20.0 Å². The van der Waals surface area contributed by atoms with Crippen LogP contribution < -0.4 is 10.2 Å². The molecule has 26 heteroatoms. The van der Waals surface area contributed by atoms with Gasteiger partial charge in [0.1, 0.15) is 13.1 Å². The highest BCUT2D eigenvalue weighted by Crippen LogP contribution is 2.36. The lowest BCUT2D eigenvalue weighted by atomic mass is 10.3. The molecule has 1 N–H and O–H groups in total. The highest BCUT2D eigenvalue weighted by atomic mass is 79.9. The summed E-state index contributed by atoms with van der Waals surface area (Å²) >= 11 is 23.1.